The molecule has 0 bridgehead atoms. The van der Waals surface area contributed by atoms with E-state index in [0.29, 0.717) is 26.1 Å². The summed E-state index contributed by atoms with van der Waals surface area (Å²) in [6.07, 6.45) is 0.430. The van der Waals surface area contributed by atoms with Gasteiger partial charge in [0.05, 0.1) is 6.54 Å². The van der Waals surface area contributed by atoms with Gasteiger partial charge in [-0.1, -0.05) is 19.1 Å². The Bertz CT molecular complexity index is 565. The summed E-state index contributed by atoms with van der Waals surface area (Å²) in [7, 11) is 0. The highest BCUT2D eigenvalue weighted by atomic mass is 35.5. The Morgan fingerprint density at radius 3 is 2.50 bits per heavy atom. The molecule has 2 N–H and O–H groups in total. The van der Waals surface area contributed by atoms with Crippen LogP contribution in [0.3, 0.4) is 0 Å². The molecule has 1 aromatic rings. The zero-order chi connectivity index (χ0) is 18.1. The summed E-state index contributed by atoms with van der Waals surface area (Å²) in [6.45, 7) is 7.07. The number of carbonyl (C=O) groups excluding carboxylic acids is 2. The Balaban J connectivity index is 0.00000338. The lowest BCUT2D eigenvalue weighted by atomic mass is 10.2. The third-order valence-corrected chi connectivity index (χ3v) is 4.33. The molecule has 0 spiro atoms. The van der Waals surface area contributed by atoms with Crippen LogP contribution in [0, 0.1) is 5.82 Å². The van der Waals surface area contributed by atoms with E-state index in [4.69, 9.17) is 0 Å². The van der Waals surface area contributed by atoms with Gasteiger partial charge in [-0.3, -0.25) is 14.5 Å². The Morgan fingerprint density at radius 1 is 1.23 bits per heavy atom. The highest BCUT2D eigenvalue weighted by Crippen LogP contribution is 2.03. The number of benzene rings is 1. The van der Waals surface area contributed by atoms with Gasteiger partial charge in [0, 0.05) is 45.7 Å². The normalized spacial score (nSPS) is 14.0. The molecule has 146 valence electrons. The van der Waals surface area contributed by atoms with E-state index in [1.165, 1.54) is 12.1 Å². The van der Waals surface area contributed by atoms with Gasteiger partial charge in [-0.25, -0.2) is 4.39 Å². The van der Waals surface area contributed by atoms with Crippen LogP contribution in [0.2, 0.25) is 0 Å². The summed E-state index contributed by atoms with van der Waals surface area (Å²) in [5, 5.41) is 6.05. The van der Waals surface area contributed by atoms with Crippen molar-refractivity contribution >= 4 is 24.2 Å². The van der Waals surface area contributed by atoms with Gasteiger partial charge in [-0.15, -0.1) is 12.4 Å². The second-order valence-electron chi connectivity index (χ2n) is 6.15. The first-order valence-corrected chi connectivity index (χ1v) is 8.80. The van der Waals surface area contributed by atoms with Crippen LogP contribution in [0.5, 0.6) is 0 Å². The predicted octanol–water partition coefficient (Wildman–Crippen LogP) is 1.01. The average molecular weight is 387 g/mol. The number of carbonyl (C=O) groups is 2. The highest BCUT2D eigenvalue weighted by molar-refractivity contribution is 5.85. The fraction of sp³-hybridized carbons (Fsp3) is 0.556. The Morgan fingerprint density at radius 2 is 1.88 bits per heavy atom. The molecule has 0 aliphatic carbocycles. The molecule has 1 fully saturated rings. The standard InChI is InChI=1S/C18H27FN4O2.ClH/c1-2-22(10-7-18(25)23-11-8-20-9-12-23)14-17(24)21-13-15-3-5-16(19)6-4-15;/h3-6,20H,2,7-14H2,1H3,(H,21,24);1H. The molecular formula is C18H28ClFN4O2. The van der Waals surface area contributed by atoms with Crippen molar-refractivity contribution in [2.75, 3.05) is 45.8 Å². The van der Waals surface area contributed by atoms with Crippen LogP contribution in [0.25, 0.3) is 0 Å². The van der Waals surface area contributed by atoms with Crippen molar-refractivity contribution < 1.29 is 14.0 Å². The Kier molecular flexibility index (Phi) is 10.2. The van der Waals surface area contributed by atoms with Crippen molar-refractivity contribution in [1.82, 2.24) is 20.4 Å². The lowest BCUT2D eigenvalue weighted by molar-refractivity contribution is -0.132. The fourth-order valence-electron chi connectivity index (χ4n) is 2.74. The molecule has 0 aromatic heterocycles. The van der Waals surface area contributed by atoms with Crippen molar-refractivity contribution in [2.45, 2.75) is 19.9 Å². The van der Waals surface area contributed by atoms with Crippen molar-refractivity contribution in [2.24, 2.45) is 0 Å². The minimum absolute atomic E-state index is 0. The first-order valence-electron chi connectivity index (χ1n) is 8.80. The van der Waals surface area contributed by atoms with Gasteiger partial charge in [0.1, 0.15) is 5.82 Å². The van der Waals surface area contributed by atoms with E-state index < -0.39 is 0 Å². The minimum Gasteiger partial charge on any atom is -0.351 e. The first kappa shape index (κ1) is 22.3. The lowest BCUT2D eigenvalue weighted by Gasteiger charge is -2.28. The average Bonchev–Trinajstić information content (AvgIpc) is 2.65. The second-order valence-corrected chi connectivity index (χ2v) is 6.15. The van der Waals surface area contributed by atoms with E-state index in [1.54, 1.807) is 12.1 Å². The van der Waals surface area contributed by atoms with Gasteiger partial charge in [-0.05, 0) is 24.2 Å². The maximum absolute atomic E-state index is 12.9. The third kappa shape index (κ3) is 7.68. The summed E-state index contributed by atoms with van der Waals surface area (Å²) in [5.41, 5.74) is 0.853. The molecule has 6 nitrogen and oxygen atoms in total. The third-order valence-electron chi connectivity index (χ3n) is 4.33. The van der Waals surface area contributed by atoms with Crippen LogP contribution in [0.1, 0.15) is 18.9 Å². The maximum atomic E-state index is 12.9. The van der Waals surface area contributed by atoms with Gasteiger partial charge in [0.15, 0.2) is 0 Å². The van der Waals surface area contributed by atoms with Crippen LogP contribution in [-0.2, 0) is 16.1 Å². The summed E-state index contributed by atoms with van der Waals surface area (Å²) in [5.74, 6) is -0.242. The molecule has 2 rings (SSSR count). The number of piperazine rings is 1. The molecule has 1 heterocycles. The predicted molar refractivity (Wildman–Crippen MR) is 102 cm³/mol. The molecule has 2 amide bonds. The first-order chi connectivity index (χ1) is 12.1. The molecule has 1 saturated heterocycles. The summed E-state index contributed by atoms with van der Waals surface area (Å²) in [4.78, 5) is 28.1. The van der Waals surface area contributed by atoms with Crippen LogP contribution in [-0.4, -0.2) is 67.4 Å². The number of halogens is 2. The van der Waals surface area contributed by atoms with Crippen LogP contribution < -0.4 is 10.6 Å². The molecule has 1 aromatic carbocycles. The summed E-state index contributed by atoms with van der Waals surface area (Å²) in [6, 6.07) is 6.06. The van der Waals surface area contributed by atoms with Gasteiger partial charge < -0.3 is 15.5 Å². The van der Waals surface area contributed by atoms with Gasteiger partial charge in [0.2, 0.25) is 11.8 Å². The van der Waals surface area contributed by atoms with Gasteiger partial charge in [0.25, 0.3) is 0 Å². The minimum atomic E-state index is -0.290. The molecule has 0 saturated carbocycles. The molecular weight excluding hydrogens is 359 g/mol. The van der Waals surface area contributed by atoms with E-state index in [2.05, 4.69) is 10.6 Å². The number of rotatable bonds is 8. The quantitative estimate of drug-likeness (QED) is 0.699. The zero-order valence-corrected chi connectivity index (χ0v) is 16.0. The molecule has 1 aliphatic rings. The maximum Gasteiger partial charge on any atom is 0.234 e. The highest BCUT2D eigenvalue weighted by Gasteiger charge is 2.17. The van der Waals surface area contributed by atoms with Crippen molar-refractivity contribution in [3.8, 4) is 0 Å². The molecule has 26 heavy (non-hydrogen) atoms. The number of hydrogen-bond acceptors (Lipinski definition) is 4. The molecule has 0 atom stereocenters. The van der Waals surface area contributed by atoms with Crippen LogP contribution in [0.4, 0.5) is 4.39 Å². The van der Waals surface area contributed by atoms with Crippen LogP contribution >= 0.6 is 12.4 Å². The Hall–Kier alpha value is -1.70. The molecule has 1 aliphatic heterocycles. The number of amides is 2. The van der Waals surface area contributed by atoms with E-state index in [0.717, 1.165) is 31.7 Å². The van der Waals surface area contributed by atoms with Crippen molar-refractivity contribution in [3.05, 3.63) is 35.6 Å². The number of nitrogens with one attached hydrogen (secondary N) is 2. The summed E-state index contributed by atoms with van der Waals surface area (Å²) < 4.78 is 12.9. The largest absolute Gasteiger partial charge is 0.351 e. The topological polar surface area (TPSA) is 64.7 Å². The van der Waals surface area contributed by atoms with Gasteiger partial charge >= 0.3 is 0 Å². The monoisotopic (exact) mass is 386 g/mol. The summed E-state index contributed by atoms with van der Waals surface area (Å²) >= 11 is 0. The number of likely N-dealkylation sites (N-methyl/N-ethyl adjacent to an activating group) is 1. The zero-order valence-electron chi connectivity index (χ0n) is 15.2. The van der Waals surface area contributed by atoms with Crippen molar-refractivity contribution in [1.29, 1.82) is 0 Å². The SMILES string of the molecule is CCN(CCC(=O)N1CCNCC1)CC(=O)NCc1ccc(F)cc1.Cl. The van der Waals surface area contributed by atoms with E-state index in [1.807, 2.05) is 16.7 Å². The number of nitrogens with zero attached hydrogens (tertiary/aromatic N) is 2. The van der Waals surface area contributed by atoms with E-state index >= 15 is 0 Å². The second kappa shape index (κ2) is 11.8. The van der Waals surface area contributed by atoms with E-state index in [-0.39, 0.29) is 36.6 Å². The van der Waals surface area contributed by atoms with Gasteiger partial charge in [-0.2, -0.15) is 0 Å². The number of hydrogen-bond donors (Lipinski definition) is 2. The molecule has 0 unspecified atom stereocenters. The lowest BCUT2D eigenvalue weighted by Crippen LogP contribution is -2.47. The molecule has 8 heteroatoms. The Labute approximate surface area is 160 Å². The van der Waals surface area contributed by atoms with Crippen molar-refractivity contribution in [3.63, 3.8) is 0 Å². The molecule has 0 radical (unpaired) electrons. The fourth-order valence-corrected chi connectivity index (χ4v) is 2.74. The van der Waals surface area contributed by atoms with Crippen LogP contribution in [0.15, 0.2) is 24.3 Å². The van der Waals surface area contributed by atoms with E-state index in [9.17, 15) is 14.0 Å². The smallest absolute Gasteiger partial charge is 0.234 e.